The fourth-order valence-electron chi connectivity index (χ4n) is 1.67. The van der Waals surface area contributed by atoms with Gasteiger partial charge in [-0.15, -0.1) is 0 Å². The molecule has 0 atom stereocenters. The Morgan fingerprint density at radius 3 is 2.47 bits per heavy atom. The van der Waals surface area contributed by atoms with Gasteiger partial charge in [-0.25, -0.2) is 0 Å². The minimum atomic E-state index is -0.528. The third-order valence-corrected chi connectivity index (χ3v) is 3.75. The SMILES string of the molecule is COc1ccccc1Sc1cccc(C(N)=O)c1N. The smallest absolute Gasteiger partial charge is 0.250 e. The zero-order chi connectivity index (χ0) is 13.8. The number of ether oxygens (including phenoxy) is 1. The molecular weight excluding hydrogens is 260 g/mol. The molecule has 2 aromatic carbocycles. The Balaban J connectivity index is 2.39. The second-order valence-corrected chi connectivity index (χ2v) is 4.92. The molecule has 0 saturated carbocycles. The van der Waals surface area contributed by atoms with Crippen LogP contribution >= 0.6 is 11.8 Å². The first-order valence-electron chi connectivity index (χ1n) is 5.62. The summed E-state index contributed by atoms with van der Waals surface area (Å²) in [6, 6.07) is 12.8. The number of anilines is 1. The van der Waals surface area contributed by atoms with E-state index in [1.54, 1.807) is 19.2 Å². The number of para-hydroxylation sites is 2. The van der Waals surface area contributed by atoms with E-state index in [9.17, 15) is 4.79 Å². The molecule has 4 nitrogen and oxygen atoms in total. The van der Waals surface area contributed by atoms with E-state index in [1.165, 1.54) is 11.8 Å². The summed E-state index contributed by atoms with van der Waals surface area (Å²) in [5, 5.41) is 0. The standard InChI is InChI=1S/C14H14N2O2S/c1-18-10-6-2-3-7-11(10)19-12-8-4-5-9(13(12)15)14(16)17/h2-8H,15H2,1H3,(H2,16,17). The van der Waals surface area contributed by atoms with Crippen LogP contribution in [0, 0.1) is 0 Å². The Bertz CT molecular complexity index is 614. The van der Waals surface area contributed by atoms with E-state index in [0.717, 1.165) is 15.5 Å². The van der Waals surface area contributed by atoms with Crippen molar-refractivity contribution in [2.75, 3.05) is 12.8 Å². The van der Waals surface area contributed by atoms with E-state index in [1.807, 2.05) is 30.3 Å². The average Bonchev–Trinajstić information content (AvgIpc) is 2.41. The van der Waals surface area contributed by atoms with Gasteiger partial charge in [0.25, 0.3) is 5.91 Å². The van der Waals surface area contributed by atoms with Gasteiger partial charge in [0.2, 0.25) is 0 Å². The van der Waals surface area contributed by atoms with E-state index in [4.69, 9.17) is 16.2 Å². The Kier molecular flexibility index (Phi) is 3.97. The number of primary amides is 1. The molecule has 0 aliphatic rings. The van der Waals surface area contributed by atoms with Gasteiger partial charge in [0.05, 0.1) is 23.3 Å². The van der Waals surface area contributed by atoms with Crippen LogP contribution in [0.3, 0.4) is 0 Å². The molecule has 0 aliphatic carbocycles. The van der Waals surface area contributed by atoms with Gasteiger partial charge in [-0.1, -0.05) is 30.0 Å². The van der Waals surface area contributed by atoms with Gasteiger partial charge in [-0.2, -0.15) is 0 Å². The molecule has 0 fully saturated rings. The van der Waals surface area contributed by atoms with Crippen LogP contribution in [0.15, 0.2) is 52.3 Å². The quantitative estimate of drug-likeness (QED) is 0.840. The molecule has 98 valence electrons. The van der Waals surface area contributed by atoms with E-state index >= 15 is 0 Å². The molecule has 0 aromatic heterocycles. The summed E-state index contributed by atoms with van der Waals surface area (Å²) in [5.41, 5.74) is 12.0. The van der Waals surface area contributed by atoms with Gasteiger partial charge in [-0.05, 0) is 24.3 Å². The molecule has 0 spiro atoms. The highest BCUT2D eigenvalue weighted by Gasteiger charge is 2.12. The number of hydrogen-bond donors (Lipinski definition) is 2. The van der Waals surface area contributed by atoms with Crippen LogP contribution in [0.5, 0.6) is 5.75 Å². The van der Waals surface area contributed by atoms with Crippen molar-refractivity contribution >= 4 is 23.4 Å². The normalized spacial score (nSPS) is 10.2. The van der Waals surface area contributed by atoms with Crippen molar-refractivity contribution in [2.45, 2.75) is 9.79 Å². The van der Waals surface area contributed by atoms with Gasteiger partial charge in [0, 0.05) is 4.90 Å². The third kappa shape index (κ3) is 2.82. The maximum Gasteiger partial charge on any atom is 0.250 e. The fraction of sp³-hybridized carbons (Fsp3) is 0.0714. The average molecular weight is 274 g/mol. The van der Waals surface area contributed by atoms with Crippen molar-refractivity contribution in [1.29, 1.82) is 0 Å². The molecule has 1 amide bonds. The van der Waals surface area contributed by atoms with Crippen LogP contribution < -0.4 is 16.2 Å². The summed E-state index contributed by atoms with van der Waals surface area (Å²) in [7, 11) is 1.61. The predicted octanol–water partition coefficient (Wildman–Crippen LogP) is 2.53. The second-order valence-electron chi connectivity index (χ2n) is 3.83. The first kappa shape index (κ1) is 13.3. The number of nitrogens with two attached hydrogens (primary N) is 2. The molecule has 2 rings (SSSR count). The predicted molar refractivity (Wildman–Crippen MR) is 76.5 cm³/mol. The Hall–Kier alpha value is -2.14. The number of hydrogen-bond acceptors (Lipinski definition) is 4. The van der Waals surface area contributed by atoms with E-state index < -0.39 is 5.91 Å². The number of nitrogen functional groups attached to an aromatic ring is 1. The molecule has 5 heteroatoms. The lowest BCUT2D eigenvalue weighted by atomic mass is 10.2. The number of rotatable bonds is 4. The van der Waals surface area contributed by atoms with Crippen molar-refractivity contribution in [2.24, 2.45) is 5.73 Å². The Morgan fingerprint density at radius 1 is 1.11 bits per heavy atom. The summed E-state index contributed by atoms with van der Waals surface area (Å²) in [5.74, 6) is 0.233. The molecule has 0 heterocycles. The monoisotopic (exact) mass is 274 g/mol. The number of carbonyl (C=O) groups is 1. The molecule has 0 radical (unpaired) electrons. The van der Waals surface area contributed by atoms with Crippen molar-refractivity contribution in [1.82, 2.24) is 0 Å². The summed E-state index contributed by atoms with van der Waals surface area (Å²) in [6.45, 7) is 0. The first-order valence-corrected chi connectivity index (χ1v) is 6.44. The summed E-state index contributed by atoms with van der Waals surface area (Å²) in [6.07, 6.45) is 0. The van der Waals surface area contributed by atoms with Gasteiger partial charge < -0.3 is 16.2 Å². The molecule has 0 saturated heterocycles. The first-order chi connectivity index (χ1) is 9.13. The van der Waals surface area contributed by atoms with Crippen LogP contribution in [0.1, 0.15) is 10.4 Å². The number of amides is 1. The van der Waals surface area contributed by atoms with Crippen LogP contribution in [0.2, 0.25) is 0 Å². The van der Waals surface area contributed by atoms with E-state index in [0.29, 0.717) is 11.3 Å². The lowest BCUT2D eigenvalue weighted by Gasteiger charge is -2.11. The number of carbonyl (C=O) groups excluding carboxylic acids is 1. The Labute approximate surface area is 115 Å². The lowest BCUT2D eigenvalue weighted by Crippen LogP contribution is -2.13. The third-order valence-electron chi connectivity index (χ3n) is 2.62. The molecule has 19 heavy (non-hydrogen) atoms. The minimum absolute atomic E-state index is 0.333. The van der Waals surface area contributed by atoms with Crippen molar-refractivity contribution in [3.8, 4) is 5.75 Å². The summed E-state index contributed by atoms with van der Waals surface area (Å²) in [4.78, 5) is 13.0. The van der Waals surface area contributed by atoms with Crippen LogP contribution in [0.4, 0.5) is 5.69 Å². The van der Waals surface area contributed by atoms with Crippen molar-refractivity contribution in [3.63, 3.8) is 0 Å². The summed E-state index contributed by atoms with van der Waals surface area (Å²) >= 11 is 1.44. The topological polar surface area (TPSA) is 78.3 Å². The molecule has 0 aliphatic heterocycles. The largest absolute Gasteiger partial charge is 0.496 e. The highest BCUT2D eigenvalue weighted by atomic mass is 32.2. The van der Waals surface area contributed by atoms with Crippen molar-refractivity contribution < 1.29 is 9.53 Å². The maximum atomic E-state index is 11.3. The minimum Gasteiger partial charge on any atom is -0.496 e. The van der Waals surface area contributed by atoms with Crippen LogP contribution in [0.25, 0.3) is 0 Å². The summed E-state index contributed by atoms with van der Waals surface area (Å²) < 4.78 is 5.28. The highest BCUT2D eigenvalue weighted by Crippen LogP contribution is 2.38. The van der Waals surface area contributed by atoms with Crippen LogP contribution in [-0.4, -0.2) is 13.0 Å². The number of benzene rings is 2. The van der Waals surface area contributed by atoms with Gasteiger partial charge >= 0.3 is 0 Å². The van der Waals surface area contributed by atoms with Gasteiger partial charge in [-0.3, -0.25) is 4.79 Å². The van der Waals surface area contributed by atoms with E-state index in [2.05, 4.69) is 0 Å². The molecule has 4 N–H and O–H groups in total. The van der Waals surface area contributed by atoms with Crippen molar-refractivity contribution in [3.05, 3.63) is 48.0 Å². The molecule has 0 unspecified atom stereocenters. The van der Waals surface area contributed by atoms with Gasteiger partial charge in [0.1, 0.15) is 5.75 Å². The maximum absolute atomic E-state index is 11.3. The molecule has 0 bridgehead atoms. The molecule has 2 aromatic rings. The zero-order valence-electron chi connectivity index (χ0n) is 10.4. The molecular formula is C14H14N2O2S. The lowest BCUT2D eigenvalue weighted by molar-refractivity contribution is 0.100. The highest BCUT2D eigenvalue weighted by molar-refractivity contribution is 7.99. The number of methoxy groups -OCH3 is 1. The second kappa shape index (κ2) is 5.67. The zero-order valence-corrected chi connectivity index (χ0v) is 11.2. The Morgan fingerprint density at radius 2 is 1.79 bits per heavy atom. The van der Waals surface area contributed by atoms with Crippen LogP contribution in [-0.2, 0) is 0 Å². The van der Waals surface area contributed by atoms with E-state index in [-0.39, 0.29) is 0 Å². The van der Waals surface area contributed by atoms with Gasteiger partial charge in [0.15, 0.2) is 0 Å². The fourth-order valence-corrected chi connectivity index (χ4v) is 2.67.